The van der Waals surface area contributed by atoms with Crippen LogP contribution >= 0.6 is 0 Å². The van der Waals surface area contributed by atoms with Crippen LogP contribution in [0.5, 0.6) is 5.75 Å². The summed E-state index contributed by atoms with van der Waals surface area (Å²) < 4.78 is 137. The van der Waals surface area contributed by atoms with Crippen LogP contribution in [-0.2, 0) is 101 Å². The van der Waals surface area contributed by atoms with Gasteiger partial charge in [-0.15, -0.1) is 12.6 Å². The fourth-order valence-corrected chi connectivity index (χ4v) is 14.5. The van der Waals surface area contributed by atoms with Crippen LogP contribution in [0.15, 0.2) is 119 Å². The second kappa shape index (κ2) is 42.9. The van der Waals surface area contributed by atoms with E-state index in [1.54, 1.807) is 30.3 Å². The molecule has 108 heavy (non-hydrogen) atoms. The van der Waals surface area contributed by atoms with Crippen molar-refractivity contribution >= 4 is 112 Å². The Hall–Kier alpha value is -9.42. The molecule has 36 heteroatoms. The molecule has 6 rings (SSSR count). The van der Waals surface area contributed by atoms with Crippen LogP contribution in [0.3, 0.4) is 0 Å². The summed E-state index contributed by atoms with van der Waals surface area (Å²) in [4.78, 5) is 116. The molecule has 1 aliphatic carbocycles. The highest BCUT2D eigenvalue weighted by atomic mass is 32.2. The summed E-state index contributed by atoms with van der Waals surface area (Å²) in [5.74, 6) is -8.17. The van der Waals surface area contributed by atoms with Crippen LogP contribution in [0.25, 0.3) is 0 Å². The number of ether oxygens (including phenoxy) is 1. The van der Waals surface area contributed by atoms with E-state index in [1.165, 1.54) is 12.1 Å². The number of ketones is 2. The van der Waals surface area contributed by atoms with Crippen molar-refractivity contribution in [2.24, 2.45) is 5.92 Å². The fourth-order valence-electron chi connectivity index (χ4n) is 12.8. The lowest BCUT2D eigenvalue weighted by molar-refractivity contribution is -0.438. The number of fused-ring (bicyclic) bond motifs is 2. The number of carboxylic acids is 4. The summed E-state index contributed by atoms with van der Waals surface area (Å²) in [5, 5.41) is 45.5. The van der Waals surface area contributed by atoms with Gasteiger partial charge in [0.1, 0.15) is 29.9 Å². The Morgan fingerprint density at radius 3 is 1.91 bits per heavy atom. The highest BCUT2D eigenvalue weighted by Gasteiger charge is 2.45. The molecule has 32 nitrogen and oxygen atoms in total. The van der Waals surface area contributed by atoms with Gasteiger partial charge in [-0.25, -0.2) is 18.0 Å². The quantitative estimate of drug-likeness (QED) is 0.0149. The topological polar surface area (TPSA) is 520 Å². The third kappa shape index (κ3) is 30.7. The number of para-hydroxylation sites is 1. The molecular weight excluding hydrogens is 1500 g/mol. The molecule has 0 spiro atoms. The molecule has 3 amide bonds. The van der Waals surface area contributed by atoms with Crippen molar-refractivity contribution in [3.8, 4) is 5.75 Å². The number of hydrogen-bond acceptors (Lipinski definition) is 22. The molecular formula is C72H93N5O27S4. The third-order valence-corrected chi connectivity index (χ3v) is 20.6. The van der Waals surface area contributed by atoms with Gasteiger partial charge in [0.05, 0.1) is 44.6 Å². The Morgan fingerprint density at radius 1 is 0.676 bits per heavy atom. The summed E-state index contributed by atoms with van der Waals surface area (Å²) in [6.07, 6.45) is 12.6. The predicted molar refractivity (Wildman–Crippen MR) is 388 cm³/mol. The number of benzene rings is 3. The molecule has 3 aromatic carbocycles. The smallest absolute Gasteiger partial charge is 0.425 e. The molecule has 0 saturated heterocycles. The molecule has 0 saturated carbocycles. The van der Waals surface area contributed by atoms with E-state index in [9.17, 15) is 92.6 Å². The van der Waals surface area contributed by atoms with Gasteiger partial charge < -0.3 is 50.6 Å². The van der Waals surface area contributed by atoms with Crippen LogP contribution < -0.4 is 25.6 Å². The number of unbranched alkanes of at least 4 members (excludes halogenated alkanes) is 7. The van der Waals surface area contributed by atoms with Crippen LogP contribution in [0.4, 0.5) is 16.2 Å². The van der Waals surface area contributed by atoms with Gasteiger partial charge in [0.25, 0.3) is 20.2 Å². The fraction of sp³-hybridized carbons (Fsp3) is 0.500. The lowest BCUT2D eigenvalue weighted by Crippen LogP contribution is -2.46. The Bertz CT molecular complexity index is 4420. The molecule has 3 aliphatic rings. The van der Waals surface area contributed by atoms with Crippen LogP contribution in [0.2, 0.25) is 0 Å². The zero-order valence-corrected chi connectivity index (χ0v) is 63.5. The van der Waals surface area contributed by atoms with E-state index in [4.69, 9.17) is 32.1 Å². The van der Waals surface area contributed by atoms with Crippen molar-refractivity contribution in [2.75, 3.05) is 36.0 Å². The Morgan fingerprint density at radius 2 is 1.31 bits per heavy atom. The number of anilines is 1. The van der Waals surface area contributed by atoms with E-state index in [1.807, 2.05) is 67.3 Å². The van der Waals surface area contributed by atoms with Gasteiger partial charge in [0.2, 0.25) is 11.6 Å². The number of amides is 3. The van der Waals surface area contributed by atoms with E-state index in [0.29, 0.717) is 111 Å². The summed E-state index contributed by atoms with van der Waals surface area (Å²) in [6.45, 7) is 8.64. The number of carboxylic acid groups (broad SMARTS) is 4. The molecule has 0 fully saturated rings. The second-order valence-corrected chi connectivity index (χ2v) is 31.9. The van der Waals surface area contributed by atoms with E-state index in [2.05, 4.69) is 34.4 Å². The first kappa shape index (κ1) is 91.0. The maximum absolute atomic E-state index is 13.8. The lowest BCUT2D eigenvalue weighted by atomic mass is 9.81. The highest BCUT2D eigenvalue weighted by Crippen LogP contribution is 2.49. The Kier molecular flexibility index (Phi) is 36.2. The van der Waals surface area contributed by atoms with Crippen LogP contribution in [0, 0.1) is 5.92 Å². The van der Waals surface area contributed by atoms with Crippen molar-refractivity contribution in [3.63, 3.8) is 0 Å². The minimum atomic E-state index is -4.62. The van der Waals surface area contributed by atoms with Crippen LogP contribution in [-0.4, -0.2) is 179 Å². The third-order valence-electron chi connectivity index (χ3n) is 18.2. The standard InChI is InChI=1S/C71H93N5O22S3.CO2.O3S/c1-70(2)54-22-11-12-23-58(54)75(39-13-15-41-99(89,90)91)61(70)36-28-48-19-17-20-49(29-37-62-71(3,4)55-45-53(101(95,96)97)33-35-59(55)76(62)40-14-16-42-100(92,93)94)66(48)98-52-31-26-47(27-32-52)43-50(67(84)85)44-60(78)57(46-65(82)83)73-63(79)24-10-8-6-5-7-9-21-51(77)30-34-56(68(86)87)74-69(88)72-38-18-25-64(80)81;2-1-3;1-4(2)3/h11-12,22-23,26-29,31-33,35-37,45,50,56-57H,5-10,13-21,24-25,30,34,38-44,46H2,1-4H3,(H9-,72,73,74,79,80,81,82,83,84,85,86,87,88,89,90,91,92,93,94,95,96,97);;/t50-,56+,57+;;/m1../s1. The predicted octanol–water partition coefficient (Wildman–Crippen LogP) is 7.65. The maximum Gasteiger partial charge on any atom is 0.425 e. The van der Waals surface area contributed by atoms with E-state index >= 15 is 0 Å². The van der Waals surface area contributed by atoms with Gasteiger partial charge in [-0.3, -0.25) is 37.9 Å². The maximum atomic E-state index is 13.8. The summed E-state index contributed by atoms with van der Waals surface area (Å²) in [5.41, 5.74) is 5.32. The number of allylic oxidation sites excluding steroid dienone is 7. The minimum Gasteiger partial charge on any atom is -0.748 e. The van der Waals surface area contributed by atoms with E-state index in [-0.39, 0.29) is 87.7 Å². The second-order valence-electron chi connectivity index (χ2n) is 27.0. The number of urea groups is 1. The van der Waals surface area contributed by atoms with Crippen molar-refractivity contribution in [3.05, 3.63) is 130 Å². The zero-order chi connectivity index (χ0) is 80.7. The molecule has 0 radical (unpaired) electrons. The van der Waals surface area contributed by atoms with Crippen molar-refractivity contribution in [2.45, 2.75) is 197 Å². The van der Waals surface area contributed by atoms with Gasteiger partial charge >= 0.3 is 46.7 Å². The molecule has 2 aliphatic heterocycles. The first-order valence-corrected chi connectivity index (χ1v) is 40.4. The number of aliphatic carboxylic acids is 4. The number of carbonyl (C=O) groups excluding carboxylic acids is 6. The molecule has 2 heterocycles. The largest absolute Gasteiger partial charge is 0.748 e. The van der Waals surface area contributed by atoms with Crippen molar-refractivity contribution in [1.29, 1.82) is 0 Å². The Balaban J connectivity index is 0.00000337. The number of rotatable bonds is 43. The summed E-state index contributed by atoms with van der Waals surface area (Å²) >= 11 is 0. The first-order valence-electron chi connectivity index (χ1n) is 34.8. The molecule has 0 unspecified atom stereocenters. The highest BCUT2D eigenvalue weighted by molar-refractivity contribution is 7.86. The average Bonchev–Trinajstić information content (AvgIpc) is 1.59. The normalized spacial score (nSPS) is 16.0. The first-order chi connectivity index (χ1) is 50.6. The summed E-state index contributed by atoms with van der Waals surface area (Å²) in [7, 11) is -16.4. The molecule has 3 atom stereocenters. The SMILES string of the molecule is CC1(C)C(/C=C/C2=C(Oc3ccc(C[C@H](CC(=O)[C@H](CC(=O)O)NC(=O)CCCCCCCCC(=O)CC[C@H](NC(=O)NCCCC(=O)O)C(=O)O)C(=O)O)cc3)C(=C/C=C3/N(CCCCS(=O)(=O)O)c4ccc(S(=O)(=O)O)cc4C3(C)C)/CCC2)=[N+](CCCCS(=O)(=O)[O-])c2ccccc21.O=C=O.O=S(=O)=O. The minimum absolute atomic E-state index is 0.0274. The van der Waals surface area contributed by atoms with Gasteiger partial charge in [-0.05, 0) is 149 Å². The van der Waals surface area contributed by atoms with Crippen molar-refractivity contribution < 1.29 is 129 Å². The number of nitrogens with zero attached hydrogens (tertiary/aromatic N) is 2. The number of hydrogen-bond donors (Lipinski definition) is 9. The van der Waals surface area contributed by atoms with Gasteiger partial charge in [-0.2, -0.15) is 31.0 Å². The number of Topliss-reactive ketones (excluding diaryl/α,β-unsaturated/α-hetero) is 2. The van der Waals surface area contributed by atoms with Gasteiger partial charge in [0, 0.05) is 91.9 Å². The molecule has 9 N–H and O–H groups in total. The van der Waals surface area contributed by atoms with E-state index < -0.39 is 136 Å². The van der Waals surface area contributed by atoms with Gasteiger partial charge in [0.15, 0.2) is 11.5 Å². The average molecular weight is 1590 g/mol. The monoisotopic (exact) mass is 1590 g/mol. The molecule has 0 bridgehead atoms. The molecule has 3 aromatic rings. The zero-order valence-electron chi connectivity index (χ0n) is 60.3. The van der Waals surface area contributed by atoms with Crippen LogP contribution in [0.1, 0.15) is 179 Å². The molecule has 0 aromatic heterocycles. The molecule has 592 valence electrons. The van der Waals surface area contributed by atoms with Gasteiger partial charge in [-0.1, -0.05) is 75.9 Å². The lowest BCUT2D eigenvalue weighted by Gasteiger charge is -2.27. The number of nitrogens with one attached hydrogen (secondary N) is 3. The van der Waals surface area contributed by atoms with E-state index in [0.717, 1.165) is 28.1 Å². The number of carbonyl (C=O) groups is 8. The Labute approximate surface area is 628 Å². The summed E-state index contributed by atoms with van der Waals surface area (Å²) in [6, 6.07) is 15.1. The van der Waals surface area contributed by atoms with Crippen molar-refractivity contribution in [1.82, 2.24) is 16.0 Å².